The molecule has 154 valence electrons. The third-order valence-corrected chi connectivity index (χ3v) is 5.95. The molecule has 0 aliphatic carbocycles. The fourth-order valence-electron chi connectivity index (χ4n) is 3.33. The number of non-ortho nitro benzene ring substituents is 1. The van der Waals surface area contributed by atoms with E-state index >= 15 is 0 Å². The molecule has 1 fully saturated rings. The van der Waals surface area contributed by atoms with Gasteiger partial charge in [-0.3, -0.25) is 19.5 Å². The van der Waals surface area contributed by atoms with E-state index in [1.807, 2.05) is 22.8 Å². The lowest BCUT2D eigenvalue weighted by molar-refractivity contribution is -0.384. The highest BCUT2D eigenvalue weighted by atomic mass is 35.5. The van der Waals surface area contributed by atoms with Gasteiger partial charge in [-0.2, -0.15) is 0 Å². The van der Waals surface area contributed by atoms with Gasteiger partial charge in [-0.25, -0.2) is 0 Å². The van der Waals surface area contributed by atoms with Crippen LogP contribution in [0.25, 0.3) is 5.69 Å². The first kappa shape index (κ1) is 20.4. The van der Waals surface area contributed by atoms with E-state index in [0.717, 1.165) is 37.6 Å². The molecule has 1 aliphatic heterocycles. The van der Waals surface area contributed by atoms with E-state index < -0.39 is 4.92 Å². The number of halogens is 1. The number of carbonyl (C=O) groups excluding carboxylic acids is 1. The predicted octanol–water partition coefficient (Wildman–Crippen LogP) is 4.40. The molecule has 1 aromatic heterocycles. The molecule has 1 saturated heterocycles. The Morgan fingerprint density at radius 1 is 1.13 bits per heavy atom. The minimum Gasteiger partial charge on any atom is -0.341 e. The number of nitrogens with zero attached hydrogens (tertiary/aromatic N) is 5. The quantitative estimate of drug-likeness (QED) is 0.231. The summed E-state index contributed by atoms with van der Waals surface area (Å²) in [6, 6.07) is 13.1. The second-order valence-corrected chi connectivity index (χ2v) is 8.19. The van der Waals surface area contributed by atoms with Crippen LogP contribution in [-0.2, 0) is 0 Å². The van der Waals surface area contributed by atoms with Gasteiger partial charge in [0.25, 0.3) is 5.69 Å². The summed E-state index contributed by atoms with van der Waals surface area (Å²) in [5.41, 5.74) is 1.01. The van der Waals surface area contributed by atoms with Gasteiger partial charge in [0.2, 0.25) is 5.95 Å². The van der Waals surface area contributed by atoms with Gasteiger partial charge >= 0.3 is 0 Å². The first-order chi connectivity index (χ1) is 14.5. The van der Waals surface area contributed by atoms with Crippen LogP contribution in [0.5, 0.6) is 0 Å². The highest BCUT2D eigenvalue weighted by molar-refractivity contribution is 7.99. The molecule has 30 heavy (non-hydrogen) atoms. The number of nitro groups is 1. The maximum absolute atomic E-state index is 12.6. The molecule has 0 N–H and O–H groups in total. The van der Waals surface area contributed by atoms with Crippen molar-refractivity contribution in [2.45, 2.75) is 18.0 Å². The molecule has 2 heterocycles. The summed E-state index contributed by atoms with van der Waals surface area (Å²) in [4.78, 5) is 25.2. The lowest BCUT2D eigenvalue weighted by Crippen LogP contribution is -2.22. The number of benzene rings is 2. The van der Waals surface area contributed by atoms with Crippen molar-refractivity contribution < 1.29 is 9.72 Å². The molecule has 0 radical (unpaired) electrons. The Morgan fingerprint density at radius 2 is 1.90 bits per heavy atom. The van der Waals surface area contributed by atoms with Gasteiger partial charge in [0.1, 0.15) is 0 Å². The lowest BCUT2D eigenvalue weighted by Gasteiger charge is -2.18. The summed E-state index contributed by atoms with van der Waals surface area (Å²) < 4.78 is 1.91. The maximum Gasteiger partial charge on any atom is 0.270 e. The van der Waals surface area contributed by atoms with Gasteiger partial charge in [0, 0.05) is 35.8 Å². The molecule has 8 nitrogen and oxygen atoms in total. The van der Waals surface area contributed by atoms with Crippen LogP contribution < -0.4 is 4.90 Å². The second-order valence-electron chi connectivity index (χ2n) is 6.81. The van der Waals surface area contributed by atoms with Gasteiger partial charge < -0.3 is 4.90 Å². The molecule has 0 saturated carbocycles. The van der Waals surface area contributed by atoms with Crippen molar-refractivity contribution in [2.75, 3.05) is 23.7 Å². The summed E-state index contributed by atoms with van der Waals surface area (Å²) >= 11 is 7.44. The standard InChI is InChI=1S/C20H18ClN5O3S/c21-15-6-4-7-16(12-15)25-19(24-9-1-2-10-24)22-23-20(25)30-13-18(27)14-5-3-8-17(11-14)26(28)29/h3-8,11-12H,1-2,9-10,13H2. The maximum atomic E-state index is 12.6. The Kier molecular flexibility index (Phi) is 6.01. The van der Waals surface area contributed by atoms with E-state index in [1.165, 1.54) is 30.0 Å². The zero-order chi connectivity index (χ0) is 21.1. The molecule has 0 spiro atoms. The number of Topliss-reactive ketones (excluding diaryl/α,β-unsaturated/α-hetero) is 1. The summed E-state index contributed by atoms with van der Waals surface area (Å²) in [6.07, 6.45) is 2.19. The van der Waals surface area contributed by atoms with Gasteiger partial charge in [-0.15, -0.1) is 10.2 Å². The molecule has 3 aromatic rings. The van der Waals surface area contributed by atoms with Crippen LogP contribution in [0.2, 0.25) is 5.02 Å². The van der Waals surface area contributed by atoms with Gasteiger partial charge in [-0.05, 0) is 31.0 Å². The van der Waals surface area contributed by atoms with Crippen molar-refractivity contribution in [3.63, 3.8) is 0 Å². The minimum atomic E-state index is -0.512. The lowest BCUT2D eigenvalue weighted by atomic mass is 10.1. The molecule has 0 bridgehead atoms. The largest absolute Gasteiger partial charge is 0.341 e. The number of hydrogen-bond acceptors (Lipinski definition) is 7. The number of rotatable bonds is 7. The number of anilines is 1. The first-order valence-electron chi connectivity index (χ1n) is 9.40. The van der Waals surface area contributed by atoms with E-state index in [-0.39, 0.29) is 17.2 Å². The molecule has 2 aromatic carbocycles. The topological polar surface area (TPSA) is 94.2 Å². The SMILES string of the molecule is O=C(CSc1nnc(N2CCCC2)n1-c1cccc(Cl)c1)c1cccc([N+](=O)[O-])c1. The fraction of sp³-hybridized carbons (Fsp3) is 0.250. The number of thioether (sulfide) groups is 1. The molecular formula is C20H18ClN5O3S. The van der Waals surface area contributed by atoms with E-state index in [0.29, 0.717) is 15.7 Å². The molecule has 0 amide bonds. The minimum absolute atomic E-state index is 0.0832. The van der Waals surface area contributed by atoms with Crippen LogP contribution in [-0.4, -0.2) is 44.3 Å². The third-order valence-electron chi connectivity index (χ3n) is 4.78. The zero-order valence-electron chi connectivity index (χ0n) is 15.9. The molecule has 1 aliphatic rings. The highest BCUT2D eigenvalue weighted by Crippen LogP contribution is 2.30. The smallest absolute Gasteiger partial charge is 0.270 e. The number of ketones is 1. The van der Waals surface area contributed by atoms with Crippen molar-refractivity contribution in [3.8, 4) is 5.69 Å². The van der Waals surface area contributed by atoms with Crippen molar-refractivity contribution in [3.05, 3.63) is 69.2 Å². The van der Waals surface area contributed by atoms with Gasteiger partial charge in [0.15, 0.2) is 10.9 Å². The molecule has 0 atom stereocenters. The number of aromatic nitrogens is 3. The average molecular weight is 444 g/mol. The highest BCUT2D eigenvalue weighted by Gasteiger charge is 2.23. The summed E-state index contributed by atoms with van der Waals surface area (Å²) in [6.45, 7) is 1.80. The van der Waals surface area contributed by atoms with Crippen molar-refractivity contribution in [1.29, 1.82) is 0 Å². The van der Waals surface area contributed by atoms with E-state index in [1.54, 1.807) is 12.1 Å². The third kappa shape index (κ3) is 4.31. The molecule has 4 rings (SSSR count). The summed E-state index contributed by atoms with van der Waals surface area (Å²) in [5.74, 6) is 0.590. The van der Waals surface area contributed by atoms with Crippen molar-refractivity contribution >= 4 is 40.8 Å². The Bertz CT molecular complexity index is 1100. The number of carbonyl (C=O) groups is 1. The molecular weight excluding hydrogens is 426 g/mol. The van der Waals surface area contributed by atoms with Crippen molar-refractivity contribution in [2.24, 2.45) is 0 Å². The molecule has 10 heteroatoms. The second kappa shape index (κ2) is 8.85. The number of hydrogen-bond donors (Lipinski definition) is 0. The normalized spacial score (nSPS) is 13.6. The van der Waals surface area contributed by atoms with E-state index in [2.05, 4.69) is 15.1 Å². The van der Waals surface area contributed by atoms with Gasteiger partial charge in [-0.1, -0.05) is 41.6 Å². The summed E-state index contributed by atoms with van der Waals surface area (Å²) in [5, 5.41) is 20.8. The van der Waals surface area contributed by atoms with Crippen LogP contribution in [0.1, 0.15) is 23.2 Å². The Hall–Kier alpha value is -2.91. The van der Waals surface area contributed by atoms with Crippen molar-refractivity contribution in [1.82, 2.24) is 14.8 Å². The Morgan fingerprint density at radius 3 is 2.63 bits per heavy atom. The van der Waals surface area contributed by atoms with E-state index in [4.69, 9.17) is 11.6 Å². The number of nitro benzene ring substituents is 1. The van der Waals surface area contributed by atoms with Crippen LogP contribution in [0.4, 0.5) is 11.6 Å². The van der Waals surface area contributed by atoms with Crippen LogP contribution in [0.3, 0.4) is 0 Å². The first-order valence-corrected chi connectivity index (χ1v) is 10.8. The van der Waals surface area contributed by atoms with Crippen LogP contribution in [0.15, 0.2) is 53.7 Å². The van der Waals surface area contributed by atoms with E-state index in [9.17, 15) is 14.9 Å². The average Bonchev–Trinajstić information content (AvgIpc) is 3.41. The summed E-state index contributed by atoms with van der Waals surface area (Å²) in [7, 11) is 0. The fourth-order valence-corrected chi connectivity index (χ4v) is 4.35. The predicted molar refractivity (Wildman–Crippen MR) is 116 cm³/mol. The van der Waals surface area contributed by atoms with Crippen LogP contribution in [0, 0.1) is 10.1 Å². The zero-order valence-corrected chi connectivity index (χ0v) is 17.5. The monoisotopic (exact) mass is 443 g/mol. The molecule has 0 unspecified atom stereocenters. The van der Waals surface area contributed by atoms with Gasteiger partial charge in [0.05, 0.1) is 16.4 Å². The Balaban J connectivity index is 1.60. The Labute approximate surface area is 182 Å². The van der Waals surface area contributed by atoms with Crippen LogP contribution >= 0.6 is 23.4 Å².